The molecular weight excluding hydrogens is 374 g/mol. The lowest BCUT2D eigenvalue weighted by atomic mass is 9.96. The van der Waals surface area contributed by atoms with Crippen LogP contribution < -0.4 is 15.0 Å². The van der Waals surface area contributed by atoms with E-state index in [2.05, 4.69) is 47.2 Å². The molecule has 0 unspecified atom stereocenters. The van der Waals surface area contributed by atoms with Gasteiger partial charge in [0, 0.05) is 38.4 Å². The molecular formula is C25H33N3O2. The van der Waals surface area contributed by atoms with E-state index in [-0.39, 0.29) is 11.8 Å². The predicted molar refractivity (Wildman–Crippen MR) is 121 cm³/mol. The van der Waals surface area contributed by atoms with Crippen LogP contribution >= 0.6 is 0 Å². The average Bonchev–Trinajstić information content (AvgIpc) is 2.78. The van der Waals surface area contributed by atoms with E-state index in [0.717, 1.165) is 63.4 Å². The summed E-state index contributed by atoms with van der Waals surface area (Å²) in [6.07, 6.45) is 1.75. The van der Waals surface area contributed by atoms with Crippen molar-refractivity contribution in [2.24, 2.45) is 5.92 Å². The summed E-state index contributed by atoms with van der Waals surface area (Å²) in [6.45, 7) is 10.9. The molecule has 2 aliphatic rings. The second-order valence-corrected chi connectivity index (χ2v) is 8.58. The molecule has 1 atom stereocenters. The number of anilines is 1. The minimum atomic E-state index is -0.0824. The fraction of sp³-hybridized carbons (Fsp3) is 0.480. The third kappa shape index (κ3) is 4.96. The van der Waals surface area contributed by atoms with E-state index in [4.69, 9.17) is 4.74 Å². The zero-order valence-electron chi connectivity index (χ0n) is 18.2. The summed E-state index contributed by atoms with van der Waals surface area (Å²) >= 11 is 0. The van der Waals surface area contributed by atoms with Crippen molar-refractivity contribution in [2.45, 2.75) is 26.7 Å². The van der Waals surface area contributed by atoms with Crippen molar-refractivity contribution in [3.63, 3.8) is 0 Å². The first-order valence-corrected chi connectivity index (χ1v) is 11.1. The number of carbonyl (C=O) groups is 1. The fourth-order valence-corrected chi connectivity index (χ4v) is 4.43. The van der Waals surface area contributed by atoms with Gasteiger partial charge in [-0.15, -0.1) is 0 Å². The Hall–Kier alpha value is -2.53. The van der Waals surface area contributed by atoms with E-state index < -0.39 is 0 Å². The van der Waals surface area contributed by atoms with Crippen molar-refractivity contribution in [2.75, 3.05) is 50.8 Å². The summed E-state index contributed by atoms with van der Waals surface area (Å²) in [5, 5.41) is 3.12. The van der Waals surface area contributed by atoms with Crippen LogP contribution in [0.2, 0.25) is 0 Å². The van der Waals surface area contributed by atoms with E-state index in [1.165, 1.54) is 16.8 Å². The molecule has 160 valence electrons. The first-order chi connectivity index (χ1) is 14.6. The number of nitrogens with one attached hydrogen (secondary N) is 1. The maximum atomic E-state index is 12.5. The quantitative estimate of drug-likeness (QED) is 0.747. The van der Waals surface area contributed by atoms with E-state index in [0.29, 0.717) is 6.61 Å². The normalized spacial score (nSPS) is 19.1. The number of ether oxygens (including phenoxy) is 1. The smallest absolute Gasteiger partial charge is 0.226 e. The Morgan fingerprint density at radius 2 is 1.90 bits per heavy atom. The topological polar surface area (TPSA) is 44.8 Å². The fourth-order valence-electron chi connectivity index (χ4n) is 4.43. The molecule has 0 spiro atoms. The Labute approximate surface area is 180 Å². The molecule has 0 bridgehead atoms. The molecule has 0 radical (unpaired) electrons. The van der Waals surface area contributed by atoms with Gasteiger partial charge in [-0.05, 0) is 62.1 Å². The van der Waals surface area contributed by atoms with Crippen LogP contribution in [-0.2, 0) is 11.2 Å². The van der Waals surface area contributed by atoms with Crippen molar-refractivity contribution in [1.29, 1.82) is 0 Å². The van der Waals surface area contributed by atoms with E-state index in [9.17, 15) is 4.79 Å². The minimum Gasteiger partial charge on any atom is -0.492 e. The highest BCUT2D eigenvalue weighted by Gasteiger charge is 2.25. The molecule has 5 heteroatoms. The van der Waals surface area contributed by atoms with Crippen molar-refractivity contribution in [3.8, 4) is 5.75 Å². The number of carbonyl (C=O) groups excluding carboxylic acids is 1. The number of nitrogens with zero attached hydrogens (tertiary/aromatic N) is 2. The number of aryl methyl sites for hydroxylation is 2. The minimum absolute atomic E-state index is 0.0824. The Morgan fingerprint density at radius 3 is 2.73 bits per heavy atom. The van der Waals surface area contributed by atoms with Gasteiger partial charge < -0.3 is 15.0 Å². The molecule has 2 aromatic rings. The van der Waals surface area contributed by atoms with Crippen molar-refractivity contribution in [1.82, 2.24) is 10.2 Å². The second-order valence-electron chi connectivity index (χ2n) is 8.58. The van der Waals surface area contributed by atoms with Crippen molar-refractivity contribution < 1.29 is 9.53 Å². The third-order valence-electron chi connectivity index (χ3n) is 6.28. The average molecular weight is 408 g/mol. The van der Waals surface area contributed by atoms with Crippen LogP contribution in [0.15, 0.2) is 42.5 Å². The Bertz CT molecular complexity index is 874. The monoisotopic (exact) mass is 407 g/mol. The zero-order valence-corrected chi connectivity index (χ0v) is 18.2. The van der Waals surface area contributed by atoms with Crippen molar-refractivity contribution in [3.05, 3.63) is 59.2 Å². The Kier molecular flexibility index (Phi) is 6.58. The largest absolute Gasteiger partial charge is 0.492 e. The van der Waals surface area contributed by atoms with Gasteiger partial charge in [0.05, 0.1) is 5.92 Å². The van der Waals surface area contributed by atoms with Gasteiger partial charge in [-0.2, -0.15) is 0 Å². The summed E-state index contributed by atoms with van der Waals surface area (Å²) in [4.78, 5) is 17.5. The molecule has 2 aromatic carbocycles. The van der Waals surface area contributed by atoms with Gasteiger partial charge in [-0.3, -0.25) is 9.69 Å². The van der Waals surface area contributed by atoms with E-state index in [1.54, 1.807) is 0 Å². The standard InChI is InChI=1S/C25H33N3O2/c1-19-8-9-20(2)23(16-19)28-14-12-27(13-15-28)11-5-10-26-25(29)22-17-21-6-3-4-7-24(21)30-18-22/h3-4,6-9,16,22H,5,10-15,17-18H2,1-2H3,(H,26,29)/t22-/m0/s1. The number of piperazine rings is 1. The SMILES string of the molecule is Cc1ccc(C)c(N2CCN(CCCNC(=O)[C@@H]3COc4ccccc4C3)CC2)c1. The van der Waals surface area contributed by atoms with Gasteiger partial charge in [-0.25, -0.2) is 0 Å². The zero-order chi connectivity index (χ0) is 20.9. The van der Waals surface area contributed by atoms with Crippen LogP contribution in [0, 0.1) is 19.8 Å². The molecule has 1 amide bonds. The predicted octanol–water partition coefficient (Wildman–Crippen LogP) is 3.18. The lowest BCUT2D eigenvalue weighted by molar-refractivity contribution is -0.126. The highest BCUT2D eigenvalue weighted by molar-refractivity contribution is 5.79. The molecule has 2 heterocycles. The van der Waals surface area contributed by atoms with Crippen molar-refractivity contribution >= 4 is 11.6 Å². The number of fused-ring (bicyclic) bond motifs is 1. The molecule has 30 heavy (non-hydrogen) atoms. The lowest BCUT2D eigenvalue weighted by Crippen LogP contribution is -2.47. The molecule has 4 rings (SSSR count). The lowest BCUT2D eigenvalue weighted by Gasteiger charge is -2.37. The molecule has 1 fully saturated rings. The summed E-state index contributed by atoms with van der Waals surface area (Å²) in [5.74, 6) is 0.951. The summed E-state index contributed by atoms with van der Waals surface area (Å²) in [5.41, 5.74) is 5.18. The number of benzene rings is 2. The Balaban J connectivity index is 1.16. The van der Waals surface area contributed by atoms with Crippen LogP contribution in [-0.4, -0.2) is 56.7 Å². The number of rotatable bonds is 6. The number of amides is 1. The first-order valence-electron chi connectivity index (χ1n) is 11.1. The van der Waals surface area contributed by atoms with E-state index in [1.807, 2.05) is 24.3 Å². The molecule has 2 aliphatic heterocycles. The van der Waals surface area contributed by atoms with Gasteiger partial charge in [-0.1, -0.05) is 30.3 Å². The first kappa shape index (κ1) is 20.7. The number of para-hydroxylation sites is 1. The maximum absolute atomic E-state index is 12.5. The second kappa shape index (κ2) is 9.52. The maximum Gasteiger partial charge on any atom is 0.226 e. The highest BCUT2D eigenvalue weighted by atomic mass is 16.5. The van der Waals surface area contributed by atoms with Crippen LogP contribution in [0.4, 0.5) is 5.69 Å². The van der Waals surface area contributed by atoms with Gasteiger partial charge in [0.15, 0.2) is 0 Å². The van der Waals surface area contributed by atoms with Crippen LogP contribution in [0.1, 0.15) is 23.1 Å². The van der Waals surface area contributed by atoms with Crippen LogP contribution in [0.5, 0.6) is 5.75 Å². The molecule has 5 nitrogen and oxygen atoms in total. The number of hydrogen-bond acceptors (Lipinski definition) is 4. The summed E-state index contributed by atoms with van der Waals surface area (Å²) < 4.78 is 5.75. The van der Waals surface area contributed by atoms with Crippen LogP contribution in [0.3, 0.4) is 0 Å². The number of hydrogen-bond donors (Lipinski definition) is 1. The highest BCUT2D eigenvalue weighted by Crippen LogP contribution is 2.27. The van der Waals surface area contributed by atoms with Gasteiger partial charge in [0.1, 0.15) is 12.4 Å². The summed E-state index contributed by atoms with van der Waals surface area (Å²) in [6, 6.07) is 14.7. The molecule has 0 saturated carbocycles. The molecule has 0 aliphatic carbocycles. The van der Waals surface area contributed by atoms with Crippen LogP contribution in [0.25, 0.3) is 0 Å². The Morgan fingerprint density at radius 1 is 1.10 bits per heavy atom. The molecule has 1 saturated heterocycles. The van der Waals surface area contributed by atoms with E-state index >= 15 is 0 Å². The van der Waals surface area contributed by atoms with Gasteiger partial charge >= 0.3 is 0 Å². The van der Waals surface area contributed by atoms with Gasteiger partial charge in [0.25, 0.3) is 0 Å². The molecule has 0 aromatic heterocycles. The summed E-state index contributed by atoms with van der Waals surface area (Å²) in [7, 11) is 0. The molecule has 1 N–H and O–H groups in total. The third-order valence-corrected chi connectivity index (χ3v) is 6.28. The van der Waals surface area contributed by atoms with Gasteiger partial charge in [0.2, 0.25) is 5.91 Å².